The molecule has 3 aromatic carbocycles. The van der Waals surface area contributed by atoms with Crippen molar-refractivity contribution in [1.82, 2.24) is 4.57 Å². The van der Waals surface area contributed by atoms with Gasteiger partial charge in [-0.15, -0.1) is 0 Å². The number of benzene rings is 3. The molecular weight excluding hydrogens is 346 g/mol. The first kappa shape index (κ1) is 16.2. The molecule has 0 aliphatic carbocycles. The highest BCUT2D eigenvalue weighted by Gasteiger charge is 2.16. The largest absolute Gasteiger partial charge is 0.366 e. The number of halogens is 1. The van der Waals surface area contributed by atoms with Gasteiger partial charge in [0.15, 0.2) is 0 Å². The molecule has 26 heavy (non-hydrogen) atoms. The molecule has 4 rings (SSSR count). The number of hydrogen-bond donors (Lipinski definition) is 1. The van der Waals surface area contributed by atoms with E-state index in [0.717, 1.165) is 27.4 Å². The zero-order valence-electron chi connectivity index (χ0n) is 13.7. The maximum atomic E-state index is 11.9. The van der Waals surface area contributed by atoms with Gasteiger partial charge < -0.3 is 10.3 Å². The molecule has 0 aliphatic heterocycles. The number of aromatic nitrogens is 1. The second-order valence-corrected chi connectivity index (χ2v) is 6.56. The van der Waals surface area contributed by atoms with Crippen LogP contribution < -0.4 is 5.73 Å². The van der Waals surface area contributed by atoms with Gasteiger partial charge in [-0.1, -0.05) is 35.9 Å². The van der Waals surface area contributed by atoms with Gasteiger partial charge in [0.05, 0.1) is 22.7 Å². The Hall–Kier alpha value is -3.29. The molecule has 0 bridgehead atoms. The molecule has 0 aliphatic rings. The van der Waals surface area contributed by atoms with Crippen LogP contribution in [-0.4, -0.2) is 10.5 Å². The molecule has 1 amide bonds. The maximum absolute atomic E-state index is 11.9. The Morgan fingerprint density at radius 3 is 2.54 bits per heavy atom. The van der Waals surface area contributed by atoms with Gasteiger partial charge in [0, 0.05) is 27.9 Å². The Morgan fingerprint density at radius 2 is 1.85 bits per heavy atom. The summed E-state index contributed by atoms with van der Waals surface area (Å²) in [4.78, 5) is 11.9. The third-order valence-electron chi connectivity index (χ3n) is 4.54. The van der Waals surface area contributed by atoms with E-state index in [0.29, 0.717) is 22.7 Å². The molecule has 1 aromatic heterocycles. The van der Waals surface area contributed by atoms with Gasteiger partial charge in [-0.25, -0.2) is 0 Å². The highest BCUT2D eigenvalue weighted by atomic mass is 35.5. The Bertz CT molecular complexity index is 1200. The lowest BCUT2D eigenvalue weighted by Gasteiger charge is -2.08. The average Bonchev–Trinajstić information content (AvgIpc) is 2.95. The Morgan fingerprint density at radius 1 is 1.08 bits per heavy atom. The topological polar surface area (TPSA) is 71.8 Å². The first-order valence-electron chi connectivity index (χ1n) is 8.08. The minimum Gasteiger partial charge on any atom is -0.366 e. The van der Waals surface area contributed by atoms with Crippen molar-refractivity contribution in [3.63, 3.8) is 0 Å². The fraction of sp³-hybridized carbons (Fsp3) is 0.0476. The van der Waals surface area contributed by atoms with Crippen molar-refractivity contribution in [3.8, 4) is 6.07 Å². The number of amides is 1. The van der Waals surface area contributed by atoms with Gasteiger partial charge in [0.2, 0.25) is 5.91 Å². The molecule has 0 atom stereocenters. The lowest BCUT2D eigenvalue weighted by molar-refractivity contribution is 0.100. The van der Waals surface area contributed by atoms with Gasteiger partial charge in [0.25, 0.3) is 0 Å². The number of carbonyl (C=O) groups excluding carboxylic acids is 1. The maximum Gasteiger partial charge on any atom is 0.249 e. The molecule has 0 fully saturated rings. The summed E-state index contributed by atoms with van der Waals surface area (Å²) in [6.07, 6.45) is 0. The predicted molar refractivity (Wildman–Crippen MR) is 103 cm³/mol. The lowest BCUT2D eigenvalue weighted by Crippen LogP contribution is -2.11. The van der Waals surface area contributed by atoms with Crippen LogP contribution in [0.3, 0.4) is 0 Å². The minimum atomic E-state index is -0.456. The Labute approximate surface area is 155 Å². The lowest BCUT2D eigenvalue weighted by atomic mass is 10.1. The van der Waals surface area contributed by atoms with Crippen LogP contribution in [0.15, 0.2) is 60.7 Å². The van der Waals surface area contributed by atoms with Gasteiger partial charge >= 0.3 is 0 Å². The molecule has 4 aromatic rings. The van der Waals surface area contributed by atoms with Crippen LogP contribution in [0.2, 0.25) is 5.02 Å². The van der Waals surface area contributed by atoms with E-state index in [1.807, 2.05) is 42.5 Å². The van der Waals surface area contributed by atoms with E-state index in [-0.39, 0.29) is 0 Å². The molecule has 0 spiro atoms. The predicted octanol–water partition coefficient (Wildman–Crippen LogP) is 4.47. The standard InChI is InChI=1S/C21H14ClN3O/c22-15-8-9-16-19(10-15)25(12-14-6-4-13(11-23)5-7-14)18-3-1-2-17(20(16)18)21(24)26/h1-10H,12H2,(H2,24,26). The van der Waals surface area contributed by atoms with Crippen molar-refractivity contribution in [2.45, 2.75) is 6.54 Å². The van der Waals surface area contributed by atoms with Crippen molar-refractivity contribution in [2.24, 2.45) is 5.73 Å². The number of primary amides is 1. The van der Waals surface area contributed by atoms with Crippen LogP contribution in [-0.2, 0) is 6.54 Å². The van der Waals surface area contributed by atoms with E-state index < -0.39 is 5.91 Å². The van der Waals surface area contributed by atoms with Crippen molar-refractivity contribution in [1.29, 1.82) is 5.26 Å². The summed E-state index contributed by atoms with van der Waals surface area (Å²) in [7, 11) is 0. The average molecular weight is 360 g/mol. The van der Waals surface area contributed by atoms with Crippen molar-refractivity contribution in [2.75, 3.05) is 0 Å². The SMILES string of the molecule is N#Cc1ccc(Cn2c3cc(Cl)ccc3c3c(C(N)=O)cccc32)cc1. The zero-order valence-corrected chi connectivity index (χ0v) is 14.5. The molecule has 0 saturated heterocycles. The van der Waals surface area contributed by atoms with E-state index in [4.69, 9.17) is 22.6 Å². The summed E-state index contributed by atoms with van der Waals surface area (Å²) < 4.78 is 2.12. The molecule has 1 heterocycles. The number of nitriles is 1. The third kappa shape index (κ3) is 2.59. The quantitative estimate of drug-likeness (QED) is 0.586. The van der Waals surface area contributed by atoms with Crippen LogP contribution >= 0.6 is 11.6 Å². The normalized spacial score (nSPS) is 10.9. The third-order valence-corrected chi connectivity index (χ3v) is 4.78. The number of nitrogens with two attached hydrogens (primary N) is 1. The van der Waals surface area contributed by atoms with E-state index in [1.165, 1.54) is 0 Å². The highest BCUT2D eigenvalue weighted by molar-refractivity contribution is 6.32. The molecule has 0 saturated carbocycles. The van der Waals surface area contributed by atoms with E-state index in [1.54, 1.807) is 18.2 Å². The number of nitrogens with zero attached hydrogens (tertiary/aromatic N) is 2. The second kappa shape index (κ2) is 6.21. The van der Waals surface area contributed by atoms with Crippen molar-refractivity contribution in [3.05, 3.63) is 82.4 Å². The highest BCUT2D eigenvalue weighted by Crippen LogP contribution is 2.33. The molecule has 0 radical (unpaired) electrons. The van der Waals surface area contributed by atoms with Gasteiger partial charge in [-0.3, -0.25) is 4.79 Å². The zero-order chi connectivity index (χ0) is 18.3. The molecule has 126 valence electrons. The van der Waals surface area contributed by atoms with E-state index in [2.05, 4.69) is 10.6 Å². The van der Waals surface area contributed by atoms with Crippen LogP contribution in [0.5, 0.6) is 0 Å². The summed E-state index contributed by atoms with van der Waals surface area (Å²) in [5, 5.41) is 11.4. The molecular formula is C21H14ClN3O. The Kier molecular flexibility index (Phi) is 3.87. The number of rotatable bonds is 3. The monoisotopic (exact) mass is 359 g/mol. The minimum absolute atomic E-state index is 0.456. The van der Waals surface area contributed by atoms with E-state index >= 15 is 0 Å². The Balaban J connectivity index is 2.00. The first-order valence-corrected chi connectivity index (χ1v) is 8.45. The van der Waals surface area contributed by atoms with Crippen LogP contribution in [0.25, 0.3) is 21.8 Å². The first-order chi connectivity index (χ1) is 12.6. The van der Waals surface area contributed by atoms with E-state index in [9.17, 15) is 4.79 Å². The van der Waals surface area contributed by atoms with Crippen LogP contribution in [0.1, 0.15) is 21.5 Å². The summed E-state index contributed by atoms with van der Waals surface area (Å²) in [6, 6.07) is 20.7. The number of carbonyl (C=O) groups is 1. The summed E-state index contributed by atoms with van der Waals surface area (Å²) in [6.45, 7) is 0.592. The molecule has 5 heteroatoms. The molecule has 2 N–H and O–H groups in total. The smallest absolute Gasteiger partial charge is 0.249 e. The van der Waals surface area contributed by atoms with Crippen LogP contribution in [0.4, 0.5) is 0 Å². The fourth-order valence-electron chi connectivity index (χ4n) is 3.36. The van der Waals surface area contributed by atoms with Crippen molar-refractivity contribution < 1.29 is 4.79 Å². The molecule has 0 unspecified atom stereocenters. The van der Waals surface area contributed by atoms with Crippen LogP contribution in [0, 0.1) is 11.3 Å². The van der Waals surface area contributed by atoms with Crippen molar-refractivity contribution >= 4 is 39.3 Å². The summed E-state index contributed by atoms with van der Waals surface area (Å²) in [5.41, 5.74) is 9.61. The van der Waals surface area contributed by atoms with Gasteiger partial charge in [-0.05, 0) is 42.0 Å². The van der Waals surface area contributed by atoms with Gasteiger partial charge in [-0.2, -0.15) is 5.26 Å². The summed E-state index contributed by atoms with van der Waals surface area (Å²) >= 11 is 6.22. The van der Waals surface area contributed by atoms with Gasteiger partial charge in [0.1, 0.15) is 0 Å². The molecule has 4 nitrogen and oxygen atoms in total. The number of hydrogen-bond acceptors (Lipinski definition) is 2. The second-order valence-electron chi connectivity index (χ2n) is 6.12. The summed E-state index contributed by atoms with van der Waals surface area (Å²) in [5.74, 6) is -0.456. The fourth-order valence-corrected chi connectivity index (χ4v) is 3.53. The number of fused-ring (bicyclic) bond motifs is 3.